The molecule has 3 heterocycles. The molecule has 15 atom stereocenters. The van der Waals surface area contributed by atoms with Crippen molar-refractivity contribution in [1.29, 1.82) is 0 Å². The number of hydrogen-bond acceptors (Lipinski definition) is 18. The molecule has 0 saturated carbocycles. The number of hydrogen-bond donors (Lipinski definition) is 12. The first-order valence-electron chi connectivity index (χ1n) is 19.6. The fourth-order valence-corrected chi connectivity index (χ4v) is 7.07. The Morgan fingerprint density at radius 1 is 0.643 bits per heavy atom. The maximum Gasteiger partial charge on any atom is 0.364 e. The molecule has 3 rings (SSSR count). The summed E-state index contributed by atoms with van der Waals surface area (Å²) in [5.41, 5.74) is 0. The number of carboxylic acids is 2. The van der Waals surface area contributed by atoms with Crippen molar-refractivity contribution in [3.8, 4) is 0 Å². The second kappa shape index (κ2) is 23.2. The van der Waals surface area contributed by atoms with Gasteiger partial charge >= 0.3 is 11.9 Å². The van der Waals surface area contributed by atoms with Crippen LogP contribution in [0.4, 0.5) is 0 Å². The summed E-state index contributed by atoms with van der Waals surface area (Å²) in [6.07, 6.45) is -12.1. The van der Waals surface area contributed by atoms with Gasteiger partial charge in [-0.15, -0.1) is 0 Å². The first kappa shape index (κ1) is 48.7. The van der Waals surface area contributed by atoms with Crippen molar-refractivity contribution >= 4 is 11.9 Å². The Morgan fingerprint density at radius 2 is 1.11 bits per heavy atom. The highest BCUT2D eigenvalue weighted by molar-refractivity contribution is 5.76. The van der Waals surface area contributed by atoms with Gasteiger partial charge in [-0.3, -0.25) is 0 Å². The number of carboxylic acid groups (broad SMARTS) is 2. The Bertz CT molecular complexity index is 1170. The number of unbranched alkanes of at least 4 members (excludes halogenated alkanes) is 11. The largest absolute Gasteiger partial charge is 0.477 e. The van der Waals surface area contributed by atoms with Gasteiger partial charge in [0.15, 0.2) is 6.29 Å². The number of carbonyl (C=O) groups is 2. The van der Waals surface area contributed by atoms with Crippen molar-refractivity contribution in [1.82, 2.24) is 0 Å². The number of rotatable bonds is 25. The summed E-state index contributed by atoms with van der Waals surface area (Å²) in [7, 11) is 0. The van der Waals surface area contributed by atoms with Gasteiger partial charge in [-0.2, -0.15) is 0 Å². The lowest BCUT2D eigenvalue weighted by Crippen LogP contribution is -2.65. The first-order valence-corrected chi connectivity index (χ1v) is 19.6. The van der Waals surface area contributed by atoms with E-state index in [4.69, 9.17) is 28.4 Å². The Hall–Kier alpha value is -1.70. The minimum atomic E-state index is -2.83. The zero-order valence-corrected chi connectivity index (χ0v) is 31.9. The summed E-state index contributed by atoms with van der Waals surface area (Å²) in [6, 6.07) is 0. The monoisotopic (exact) mass is 816 g/mol. The molecule has 20 heteroatoms. The molecule has 3 aliphatic heterocycles. The third-order valence-corrected chi connectivity index (χ3v) is 10.6. The van der Waals surface area contributed by atoms with Crippen molar-refractivity contribution in [3.05, 3.63) is 0 Å². The van der Waals surface area contributed by atoms with Gasteiger partial charge in [-0.1, -0.05) is 77.6 Å². The minimum Gasteiger partial charge on any atom is -0.477 e. The van der Waals surface area contributed by atoms with Crippen LogP contribution in [0.2, 0.25) is 0 Å². The maximum absolute atomic E-state index is 12.6. The molecular formula is C36H64O20. The fraction of sp³-hybridized carbons (Fsp3) is 0.944. The van der Waals surface area contributed by atoms with Crippen LogP contribution in [0.25, 0.3) is 0 Å². The molecule has 0 aromatic rings. The normalized spacial score (nSPS) is 37.6. The zero-order chi connectivity index (χ0) is 41.6. The van der Waals surface area contributed by atoms with Gasteiger partial charge in [0.05, 0.1) is 32.0 Å². The molecule has 56 heavy (non-hydrogen) atoms. The van der Waals surface area contributed by atoms with E-state index in [9.17, 15) is 70.9 Å². The van der Waals surface area contributed by atoms with Crippen LogP contribution in [0.3, 0.4) is 0 Å². The lowest BCUT2D eigenvalue weighted by molar-refractivity contribution is -0.353. The molecule has 3 fully saturated rings. The number of aliphatic hydroxyl groups excluding tert-OH is 10. The van der Waals surface area contributed by atoms with E-state index < -0.39 is 136 Å². The molecule has 0 aromatic carbocycles. The molecule has 0 amide bonds. The summed E-state index contributed by atoms with van der Waals surface area (Å²) in [4.78, 5) is 24.8. The molecule has 20 nitrogen and oxygen atoms in total. The molecule has 0 radical (unpaired) electrons. The number of aliphatic carboxylic acids is 2. The third kappa shape index (κ3) is 12.9. The van der Waals surface area contributed by atoms with Crippen LogP contribution in [-0.2, 0) is 38.0 Å². The molecule has 0 aliphatic carbocycles. The molecule has 0 unspecified atom stereocenters. The third-order valence-electron chi connectivity index (χ3n) is 10.6. The summed E-state index contributed by atoms with van der Waals surface area (Å²) in [5.74, 6) is -9.40. The highest BCUT2D eigenvalue weighted by Crippen LogP contribution is 2.36. The van der Waals surface area contributed by atoms with E-state index in [2.05, 4.69) is 6.92 Å². The van der Waals surface area contributed by atoms with Gasteiger partial charge in [0, 0.05) is 19.4 Å². The standard InChI is InChI=1S/C36H64O20/c1-2-3-4-5-6-7-8-9-10-11-12-13-14-51-32-29(46)28(45)27(44)24(54-32)19-53-36(34(49)50)16-21(39)26(43)31(56-36)23(41)18-52-35(33(47)48)15-20(38)25(42)30(55-35)22(40)17-37/h20-32,37-46H,2-19H2,1H3,(H,47,48)(H,49,50)/t20-,21-,22-,23-,24-,25-,26-,27-,28+,29-,30-,31-,32-,35-,36-/m1/s1. The predicted octanol–water partition coefficient (Wildman–Crippen LogP) is -2.16. The lowest BCUT2D eigenvalue weighted by atomic mass is 9.91. The minimum absolute atomic E-state index is 0.153. The van der Waals surface area contributed by atoms with Gasteiger partial charge < -0.3 is 89.7 Å². The highest BCUT2D eigenvalue weighted by Gasteiger charge is 2.58. The highest BCUT2D eigenvalue weighted by atomic mass is 16.8. The van der Waals surface area contributed by atoms with Crippen LogP contribution in [0, 0.1) is 0 Å². The topological polar surface area (TPSA) is 332 Å². The van der Waals surface area contributed by atoms with Crippen LogP contribution < -0.4 is 0 Å². The van der Waals surface area contributed by atoms with Gasteiger partial charge in [-0.05, 0) is 6.42 Å². The van der Waals surface area contributed by atoms with Gasteiger partial charge in [-0.25, -0.2) is 9.59 Å². The summed E-state index contributed by atoms with van der Waals surface area (Å²) < 4.78 is 32.8. The molecule has 0 aromatic heterocycles. The molecule has 0 bridgehead atoms. The summed E-state index contributed by atoms with van der Waals surface area (Å²) in [5, 5.41) is 124. The van der Waals surface area contributed by atoms with Gasteiger partial charge in [0.2, 0.25) is 0 Å². The fourth-order valence-electron chi connectivity index (χ4n) is 7.07. The van der Waals surface area contributed by atoms with Crippen LogP contribution in [0.15, 0.2) is 0 Å². The molecule has 3 saturated heterocycles. The SMILES string of the molecule is CCCCCCCCCCCCCCO[C@@H]1O[C@H](CO[C@]2(C(=O)O)C[C@@H](O)[C@@H](O)[C@@H]([C@H](O)CO[C@]3(C(=O)O)C[C@@H](O)[C@@H](O)[C@@H]([C@H](O)CO)O3)O2)[C@@H](O)[C@H](O)[C@H]1O. The van der Waals surface area contributed by atoms with Gasteiger partial charge in [0.25, 0.3) is 11.6 Å². The summed E-state index contributed by atoms with van der Waals surface area (Å²) in [6.45, 7) is -0.601. The van der Waals surface area contributed by atoms with Crippen LogP contribution >= 0.6 is 0 Å². The van der Waals surface area contributed by atoms with Crippen molar-refractivity contribution in [2.45, 2.75) is 188 Å². The Balaban J connectivity index is 1.57. The quantitative estimate of drug-likeness (QED) is 0.0437. The zero-order valence-electron chi connectivity index (χ0n) is 31.9. The predicted molar refractivity (Wildman–Crippen MR) is 188 cm³/mol. The Labute approximate surface area is 325 Å². The van der Waals surface area contributed by atoms with E-state index in [0.717, 1.165) is 25.7 Å². The van der Waals surface area contributed by atoms with Crippen molar-refractivity contribution in [2.75, 3.05) is 26.4 Å². The van der Waals surface area contributed by atoms with Crippen molar-refractivity contribution in [3.63, 3.8) is 0 Å². The lowest BCUT2D eigenvalue weighted by Gasteiger charge is -2.46. The molecule has 3 aliphatic rings. The van der Waals surface area contributed by atoms with Crippen molar-refractivity contribution < 1.29 is 99.3 Å². The van der Waals surface area contributed by atoms with Crippen molar-refractivity contribution in [2.24, 2.45) is 0 Å². The molecule has 328 valence electrons. The Kier molecular flexibility index (Phi) is 20.1. The van der Waals surface area contributed by atoms with Crippen LogP contribution in [-0.4, -0.2) is 191 Å². The van der Waals surface area contributed by atoms with Crippen LogP contribution in [0.5, 0.6) is 0 Å². The van der Waals surface area contributed by atoms with E-state index in [-0.39, 0.29) is 6.61 Å². The van der Waals surface area contributed by atoms with E-state index >= 15 is 0 Å². The number of ether oxygens (including phenoxy) is 6. The van der Waals surface area contributed by atoms with Gasteiger partial charge in [0.1, 0.15) is 61.0 Å². The maximum atomic E-state index is 12.6. The van der Waals surface area contributed by atoms with Crippen LogP contribution in [0.1, 0.15) is 96.8 Å². The molecule has 12 N–H and O–H groups in total. The van der Waals surface area contributed by atoms with E-state index in [0.29, 0.717) is 6.42 Å². The average Bonchev–Trinajstić information content (AvgIpc) is 3.17. The summed E-state index contributed by atoms with van der Waals surface area (Å²) >= 11 is 0. The van der Waals surface area contributed by atoms with E-state index in [1.165, 1.54) is 44.9 Å². The van der Waals surface area contributed by atoms with E-state index in [1.807, 2.05) is 0 Å². The first-order chi connectivity index (χ1) is 26.5. The number of aliphatic hydroxyl groups is 10. The second-order valence-corrected chi connectivity index (χ2v) is 15.0. The Morgan fingerprint density at radius 3 is 1.59 bits per heavy atom. The van der Waals surface area contributed by atoms with E-state index in [1.54, 1.807) is 0 Å². The molecular weight excluding hydrogens is 752 g/mol. The molecule has 0 spiro atoms. The average molecular weight is 817 g/mol. The smallest absolute Gasteiger partial charge is 0.364 e. The second-order valence-electron chi connectivity index (χ2n) is 15.0.